The summed E-state index contributed by atoms with van der Waals surface area (Å²) < 4.78 is 19.4. The predicted octanol–water partition coefficient (Wildman–Crippen LogP) is 6.85. The second-order valence-corrected chi connectivity index (χ2v) is 9.90. The number of hydrogen-bond donors (Lipinski definition) is 1. The summed E-state index contributed by atoms with van der Waals surface area (Å²) in [7, 11) is 1.67. The third kappa shape index (κ3) is 9.13. The number of hydrogen-bond acceptors (Lipinski definition) is 5. The maximum absolute atomic E-state index is 12.0. The molecular weight excluding hydrogens is 514 g/mol. The predicted molar refractivity (Wildman–Crippen MR) is 165 cm³/mol. The largest absolute Gasteiger partial charge is 0.493 e. The summed E-state index contributed by atoms with van der Waals surface area (Å²) in [6, 6.07) is 23.7. The van der Waals surface area contributed by atoms with Crippen molar-refractivity contribution in [2.75, 3.05) is 26.9 Å². The Morgan fingerprint density at radius 3 is 2.56 bits per heavy atom. The van der Waals surface area contributed by atoms with Gasteiger partial charge < -0.3 is 24.1 Å². The van der Waals surface area contributed by atoms with Crippen LogP contribution in [0, 0.1) is 0 Å². The van der Waals surface area contributed by atoms with Gasteiger partial charge in [0.05, 0.1) is 24.8 Å². The lowest BCUT2D eigenvalue weighted by molar-refractivity contribution is -0.123. The SMILES string of the molecule is C/C=C/c1ccc(OCCCCn2c(CCCCCNC(=O)COc3ccccc3)nc3ccccc32)c(OC)c1. The molecule has 7 heteroatoms. The number of imidazole rings is 1. The van der Waals surface area contributed by atoms with Crippen molar-refractivity contribution in [3.8, 4) is 17.2 Å². The lowest BCUT2D eigenvalue weighted by atomic mass is 10.2. The van der Waals surface area contributed by atoms with Gasteiger partial charge in [-0.15, -0.1) is 0 Å². The van der Waals surface area contributed by atoms with Gasteiger partial charge in [-0.05, 0) is 74.6 Å². The van der Waals surface area contributed by atoms with Crippen molar-refractivity contribution < 1.29 is 19.0 Å². The average Bonchev–Trinajstić information content (AvgIpc) is 3.36. The van der Waals surface area contributed by atoms with Crippen LogP contribution in [0.25, 0.3) is 17.1 Å². The minimum Gasteiger partial charge on any atom is -0.493 e. The van der Waals surface area contributed by atoms with Crippen LogP contribution in [0.15, 0.2) is 78.9 Å². The van der Waals surface area contributed by atoms with E-state index >= 15 is 0 Å². The number of carbonyl (C=O) groups is 1. The Balaban J connectivity index is 1.19. The first-order chi connectivity index (χ1) is 20.2. The third-order valence-electron chi connectivity index (χ3n) is 6.83. The summed E-state index contributed by atoms with van der Waals surface area (Å²) in [6.45, 7) is 4.21. The number of nitrogens with one attached hydrogen (secondary N) is 1. The number of fused-ring (bicyclic) bond motifs is 1. The maximum atomic E-state index is 12.0. The molecular formula is C34H41N3O4. The van der Waals surface area contributed by atoms with E-state index in [9.17, 15) is 4.79 Å². The van der Waals surface area contributed by atoms with Crippen LogP contribution < -0.4 is 19.5 Å². The quantitative estimate of drug-likeness (QED) is 0.144. The molecule has 3 aromatic carbocycles. The molecule has 0 aliphatic rings. The molecule has 1 N–H and O–H groups in total. The van der Waals surface area contributed by atoms with Gasteiger partial charge in [0.15, 0.2) is 18.1 Å². The number of carbonyl (C=O) groups excluding carboxylic acids is 1. The molecule has 216 valence electrons. The molecule has 0 aliphatic heterocycles. The number of allylic oxidation sites excluding steroid dienone is 1. The molecule has 41 heavy (non-hydrogen) atoms. The first-order valence-electron chi connectivity index (χ1n) is 14.5. The second-order valence-electron chi connectivity index (χ2n) is 9.90. The van der Waals surface area contributed by atoms with Gasteiger partial charge in [0.2, 0.25) is 0 Å². The first-order valence-corrected chi connectivity index (χ1v) is 14.5. The standard InChI is InChI=1S/C34H41N3O4/c1-3-14-27-20-21-31(32(25-27)39-2)40-24-13-12-23-37-30-18-10-9-17-29(30)36-33(37)19-8-5-11-22-35-34(38)26-41-28-15-6-4-7-16-28/h3-4,6-7,9-10,14-18,20-21,25H,5,8,11-13,19,22-24,26H2,1-2H3,(H,35,38)/b14-3+. The van der Waals surface area contributed by atoms with E-state index < -0.39 is 0 Å². The summed E-state index contributed by atoms with van der Waals surface area (Å²) in [6.07, 6.45) is 9.84. The van der Waals surface area contributed by atoms with Crippen LogP contribution in [0.2, 0.25) is 0 Å². The number of rotatable bonds is 17. The van der Waals surface area contributed by atoms with Gasteiger partial charge in [0.25, 0.3) is 5.91 Å². The van der Waals surface area contributed by atoms with Crippen LogP contribution in [0.4, 0.5) is 0 Å². The molecule has 4 aromatic rings. The third-order valence-corrected chi connectivity index (χ3v) is 6.83. The van der Waals surface area contributed by atoms with E-state index in [4.69, 9.17) is 19.2 Å². The van der Waals surface area contributed by atoms with E-state index in [0.717, 1.165) is 73.5 Å². The van der Waals surface area contributed by atoms with Crippen molar-refractivity contribution in [3.63, 3.8) is 0 Å². The molecule has 0 atom stereocenters. The number of amides is 1. The minimum absolute atomic E-state index is 0.0372. The number of nitrogens with zero attached hydrogens (tertiary/aromatic N) is 2. The molecule has 1 aromatic heterocycles. The molecule has 7 nitrogen and oxygen atoms in total. The number of benzene rings is 3. The number of aromatic nitrogens is 2. The van der Waals surface area contributed by atoms with Crippen molar-refractivity contribution in [1.29, 1.82) is 0 Å². The van der Waals surface area contributed by atoms with Crippen molar-refractivity contribution >= 4 is 23.0 Å². The Morgan fingerprint density at radius 2 is 1.73 bits per heavy atom. The lowest BCUT2D eigenvalue weighted by Gasteiger charge is -2.12. The van der Waals surface area contributed by atoms with Crippen molar-refractivity contribution in [3.05, 3.63) is 90.3 Å². The molecule has 0 aliphatic carbocycles. The van der Waals surface area contributed by atoms with Crippen LogP contribution >= 0.6 is 0 Å². The van der Waals surface area contributed by atoms with Gasteiger partial charge >= 0.3 is 0 Å². The van der Waals surface area contributed by atoms with Gasteiger partial charge in [-0.25, -0.2) is 4.98 Å². The van der Waals surface area contributed by atoms with Crippen LogP contribution in [0.5, 0.6) is 17.2 Å². The smallest absolute Gasteiger partial charge is 0.257 e. The number of ether oxygens (including phenoxy) is 3. The first kappa shape index (κ1) is 29.7. The number of methoxy groups -OCH3 is 1. The minimum atomic E-state index is -0.0938. The van der Waals surface area contributed by atoms with E-state index in [1.54, 1.807) is 7.11 Å². The van der Waals surface area contributed by atoms with E-state index in [2.05, 4.69) is 28.1 Å². The Kier molecular flexibility index (Phi) is 11.7. The number of aryl methyl sites for hydroxylation is 2. The molecule has 0 fully saturated rings. The molecule has 0 spiro atoms. The monoisotopic (exact) mass is 555 g/mol. The Morgan fingerprint density at radius 1 is 0.902 bits per heavy atom. The Hall–Kier alpha value is -4.26. The summed E-state index contributed by atoms with van der Waals surface area (Å²) in [5, 5.41) is 2.94. The highest BCUT2D eigenvalue weighted by atomic mass is 16.5. The van der Waals surface area contributed by atoms with Crippen molar-refractivity contribution in [2.24, 2.45) is 0 Å². The van der Waals surface area contributed by atoms with E-state index in [1.807, 2.05) is 73.7 Å². The molecule has 1 amide bonds. The van der Waals surface area contributed by atoms with Crippen LogP contribution in [-0.2, 0) is 17.8 Å². The zero-order chi connectivity index (χ0) is 28.7. The fourth-order valence-corrected chi connectivity index (χ4v) is 4.75. The molecule has 4 rings (SSSR count). The van der Waals surface area contributed by atoms with Gasteiger partial charge in [0.1, 0.15) is 11.6 Å². The van der Waals surface area contributed by atoms with Crippen LogP contribution in [0.1, 0.15) is 50.4 Å². The summed E-state index contributed by atoms with van der Waals surface area (Å²) in [4.78, 5) is 17.0. The van der Waals surface area contributed by atoms with Gasteiger partial charge in [-0.3, -0.25) is 4.79 Å². The summed E-state index contributed by atoms with van der Waals surface area (Å²) >= 11 is 0. The molecule has 0 bridgehead atoms. The van der Waals surface area contributed by atoms with Crippen molar-refractivity contribution in [1.82, 2.24) is 14.9 Å². The van der Waals surface area contributed by atoms with Gasteiger partial charge in [0, 0.05) is 19.5 Å². The average molecular weight is 556 g/mol. The molecule has 1 heterocycles. The van der Waals surface area contributed by atoms with Crippen molar-refractivity contribution in [2.45, 2.75) is 52.0 Å². The molecule has 0 unspecified atom stereocenters. The summed E-state index contributed by atoms with van der Waals surface area (Å²) in [5.41, 5.74) is 3.31. The lowest BCUT2D eigenvalue weighted by Crippen LogP contribution is -2.29. The van der Waals surface area contributed by atoms with Gasteiger partial charge in [-0.2, -0.15) is 0 Å². The fraction of sp³-hybridized carbons (Fsp3) is 0.353. The highest BCUT2D eigenvalue weighted by molar-refractivity contribution is 5.77. The zero-order valence-electron chi connectivity index (χ0n) is 24.2. The fourth-order valence-electron chi connectivity index (χ4n) is 4.75. The molecule has 0 saturated heterocycles. The van der Waals surface area contributed by atoms with E-state index in [-0.39, 0.29) is 12.5 Å². The molecule has 0 saturated carbocycles. The highest BCUT2D eigenvalue weighted by Crippen LogP contribution is 2.29. The summed E-state index contributed by atoms with van der Waals surface area (Å²) in [5.74, 6) is 3.25. The zero-order valence-corrected chi connectivity index (χ0v) is 24.2. The maximum Gasteiger partial charge on any atom is 0.257 e. The highest BCUT2D eigenvalue weighted by Gasteiger charge is 2.11. The number of para-hydroxylation sites is 3. The van der Waals surface area contributed by atoms with E-state index in [1.165, 1.54) is 5.52 Å². The second kappa shape index (κ2) is 16.1. The van der Waals surface area contributed by atoms with Gasteiger partial charge in [-0.1, -0.05) is 55.0 Å². The molecule has 0 radical (unpaired) electrons. The Labute approximate surface area is 243 Å². The van der Waals surface area contributed by atoms with Crippen LogP contribution in [-0.4, -0.2) is 42.3 Å². The van der Waals surface area contributed by atoms with Crippen LogP contribution in [0.3, 0.4) is 0 Å². The normalized spacial score (nSPS) is 11.2. The number of unbranched alkanes of at least 4 members (excludes halogenated alkanes) is 3. The Bertz CT molecular complexity index is 1400. The van der Waals surface area contributed by atoms with E-state index in [0.29, 0.717) is 18.9 Å². The topological polar surface area (TPSA) is 74.6 Å².